The monoisotopic (exact) mass is 437 g/mol. The number of hydrogen-bond donors (Lipinski definition) is 2. The van der Waals surface area contributed by atoms with Crippen molar-refractivity contribution in [2.45, 2.75) is 58.5 Å². The van der Waals surface area contributed by atoms with Gasteiger partial charge in [0.1, 0.15) is 0 Å². The molecule has 0 bridgehead atoms. The number of halogens is 1. The van der Waals surface area contributed by atoms with Crippen LogP contribution in [0, 0.1) is 13.8 Å². The van der Waals surface area contributed by atoms with E-state index in [1.165, 1.54) is 6.42 Å². The molecule has 31 heavy (non-hydrogen) atoms. The molecule has 6 heteroatoms. The van der Waals surface area contributed by atoms with E-state index in [9.17, 15) is 9.59 Å². The predicted octanol–water partition coefficient (Wildman–Crippen LogP) is 6.17. The number of aryl methyl sites for hydroxylation is 2. The standard InChI is InChI=1S/C25H28ClN3O2/c1-16-12-17(2)20-14-18(24(30)27-23(20)13-16)15-29(19-8-4-3-5-9-19)25(31)28-22-11-7-6-10-21(22)26/h6-7,10-14,19H,3-5,8-9,15H2,1-2H3,(H,27,30)(H,28,31). The number of nitrogens with one attached hydrogen (secondary N) is 2. The molecule has 1 fully saturated rings. The molecule has 0 saturated heterocycles. The molecule has 2 N–H and O–H groups in total. The number of pyridine rings is 1. The largest absolute Gasteiger partial charge is 0.322 e. The summed E-state index contributed by atoms with van der Waals surface area (Å²) in [4.78, 5) is 31.0. The minimum Gasteiger partial charge on any atom is -0.322 e. The molecule has 1 aromatic heterocycles. The van der Waals surface area contributed by atoms with Crippen molar-refractivity contribution >= 4 is 34.2 Å². The number of H-pyrrole nitrogens is 1. The van der Waals surface area contributed by atoms with Gasteiger partial charge in [-0.3, -0.25) is 4.79 Å². The van der Waals surface area contributed by atoms with Crippen LogP contribution in [0.1, 0.15) is 48.8 Å². The number of nitrogens with zero attached hydrogens (tertiary/aromatic N) is 1. The molecule has 1 aliphatic carbocycles. The third kappa shape index (κ3) is 4.77. The fraction of sp³-hybridized carbons (Fsp3) is 0.360. The number of anilines is 1. The number of fused-ring (bicyclic) bond motifs is 1. The lowest BCUT2D eigenvalue weighted by Crippen LogP contribution is -2.44. The minimum atomic E-state index is -0.222. The van der Waals surface area contributed by atoms with E-state index in [4.69, 9.17) is 11.6 Å². The molecule has 2 aromatic carbocycles. The lowest BCUT2D eigenvalue weighted by molar-refractivity contribution is 0.162. The zero-order valence-corrected chi connectivity index (χ0v) is 18.8. The van der Waals surface area contributed by atoms with Crippen molar-refractivity contribution in [3.8, 4) is 0 Å². The number of carbonyl (C=O) groups is 1. The second kappa shape index (κ2) is 9.15. The third-order valence-corrected chi connectivity index (χ3v) is 6.45. The van der Waals surface area contributed by atoms with Crippen LogP contribution in [0.4, 0.5) is 10.5 Å². The molecule has 2 amide bonds. The Morgan fingerprint density at radius 2 is 1.87 bits per heavy atom. The van der Waals surface area contributed by atoms with Crippen molar-refractivity contribution in [2.75, 3.05) is 5.32 Å². The zero-order chi connectivity index (χ0) is 22.0. The number of rotatable bonds is 4. The van der Waals surface area contributed by atoms with Gasteiger partial charge in [-0.25, -0.2) is 4.79 Å². The summed E-state index contributed by atoms with van der Waals surface area (Å²) in [5.74, 6) is 0. The van der Waals surface area contributed by atoms with Crippen molar-refractivity contribution in [3.05, 3.63) is 74.5 Å². The van der Waals surface area contributed by atoms with E-state index in [0.29, 0.717) is 16.3 Å². The fourth-order valence-corrected chi connectivity index (χ4v) is 4.71. The van der Waals surface area contributed by atoms with Crippen molar-refractivity contribution in [3.63, 3.8) is 0 Å². The zero-order valence-electron chi connectivity index (χ0n) is 18.0. The first-order valence-electron chi connectivity index (χ1n) is 10.9. The van der Waals surface area contributed by atoms with Gasteiger partial charge in [-0.1, -0.05) is 49.1 Å². The number of para-hydroxylation sites is 1. The summed E-state index contributed by atoms with van der Waals surface area (Å²) in [6.45, 7) is 4.32. The number of urea groups is 1. The highest BCUT2D eigenvalue weighted by molar-refractivity contribution is 6.33. The maximum absolute atomic E-state index is 13.3. The SMILES string of the molecule is Cc1cc(C)c2cc(CN(C(=O)Nc3ccccc3Cl)C3CCCCC3)c(=O)[nH]c2c1. The molecule has 0 aliphatic heterocycles. The Balaban J connectivity index is 1.67. The number of carbonyl (C=O) groups excluding carboxylic acids is 1. The Morgan fingerprint density at radius 3 is 2.61 bits per heavy atom. The summed E-state index contributed by atoms with van der Waals surface area (Å²) < 4.78 is 0. The predicted molar refractivity (Wildman–Crippen MR) is 127 cm³/mol. The minimum absolute atomic E-state index is 0.102. The van der Waals surface area contributed by atoms with Gasteiger partial charge in [0.15, 0.2) is 0 Å². The molecule has 3 aromatic rings. The van der Waals surface area contributed by atoms with E-state index < -0.39 is 0 Å². The highest BCUT2D eigenvalue weighted by atomic mass is 35.5. The van der Waals surface area contributed by atoms with Crippen LogP contribution in [-0.4, -0.2) is 22.0 Å². The Hall–Kier alpha value is -2.79. The Morgan fingerprint density at radius 1 is 1.13 bits per heavy atom. The molecular weight excluding hydrogens is 410 g/mol. The van der Waals surface area contributed by atoms with Crippen LogP contribution in [0.25, 0.3) is 10.9 Å². The van der Waals surface area contributed by atoms with Crippen molar-refractivity contribution in [2.24, 2.45) is 0 Å². The normalized spacial score (nSPS) is 14.5. The second-order valence-corrected chi connectivity index (χ2v) is 8.90. The average Bonchev–Trinajstić information content (AvgIpc) is 2.74. The topological polar surface area (TPSA) is 65.2 Å². The van der Waals surface area contributed by atoms with Crippen LogP contribution in [0.2, 0.25) is 5.02 Å². The van der Waals surface area contributed by atoms with Crippen LogP contribution in [0.5, 0.6) is 0 Å². The number of aromatic nitrogens is 1. The Labute approximate surface area is 187 Å². The first kappa shape index (κ1) is 21.4. The van der Waals surface area contributed by atoms with E-state index in [0.717, 1.165) is 47.7 Å². The summed E-state index contributed by atoms with van der Waals surface area (Å²) in [5, 5.41) is 4.45. The maximum atomic E-state index is 13.3. The summed E-state index contributed by atoms with van der Waals surface area (Å²) in [6.07, 6.45) is 5.25. The van der Waals surface area contributed by atoms with E-state index in [-0.39, 0.29) is 24.2 Å². The fourth-order valence-electron chi connectivity index (χ4n) is 4.53. The Kier molecular flexibility index (Phi) is 6.33. The molecule has 5 nitrogen and oxygen atoms in total. The molecule has 1 saturated carbocycles. The van der Waals surface area contributed by atoms with Gasteiger partial charge in [-0.2, -0.15) is 0 Å². The van der Waals surface area contributed by atoms with Crippen LogP contribution in [-0.2, 0) is 6.54 Å². The van der Waals surface area contributed by atoms with Crippen LogP contribution in [0.15, 0.2) is 47.3 Å². The van der Waals surface area contributed by atoms with E-state index in [1.54, 1.807) is 12.1 Å². The highest BCUT2D eigenvalue weighted by Gasteiger charge is 2.27. The van der Waals surface area contributed by atoms with Crippen LogP contribution in [0.3, 0.4) is 0 Å². The number of amides is 2. The molecule has 0 spiro atoms. The highest BCUT2D eigenvalue weighted by Crippen LogP contribution is 2.27. The van der Waals surface area contributed by atoms with Gasteiger partial charge in [0.05, 0.1) is 17.3 Å². The van der Waals surface area contributed by atoms with Gasteiger partial charge in [0.2, 0.25) is 0 Å². The Bertz CT molecular complexity index is 1170. The number of benzene rings is 2. The van der Waals surface area contributed by atoms with E-state index in [2.05, 4.69) is 16.4 Å². The van der Waals surface area contributed by atoms with Gasteiger partial charge in [0, 0.05) is 22.5 Å². The summed E-state index contributed by atoms with van der Waals surface area (Å²) in [7, 11) is 0. The lowest BCUT2D eigenvalue weighted by atomic mass is 9.94. The van der Waals surface area contributed by atoms with Crippen molar-refractivity contribution < 1.29 is 4.79 Å². The summed E-state index contributed by atoms with van der Waals surface area (Å²) >= 11 is 6.25. The van der Waals surface area contributed by atoms with Crippen molar-refractivity contribution in [1.29, 1.82) is 0 Å². The van der Waals surface area contributed by atoms with Gasteiger partial charge >= 0.3 is 6.03 Å². The molecule has 0 unspecified atom stereocenters. The molecule has 0 atom stereocenters. The molecule has 1 aliphatic rings. The first-order chi connectivity index (χ1) is 14.9. The van der Waals surface area contributed by atoms with Crippen molar-refractivity contribution in [1.82, 2.24) is 9.88 Å². The van der Waals surface area contributed by atoms with Gasteiger partial charge in [0.25, 0.3) is 5.56 Å². The summed E-state index contributed by atoms with van der Waals surface area (Å²) in [5.41, 5.74) is 4.07. The summed E-state index contributed by atoms with van der Waals surface area (Å²) in [6, 6.07) is 13.1. The quantitative estimate of drug-likeness (QED) is 0.512. The molecule has 0 radical (unpaired) electrons. The smallest absolute Gasteiger partial charge is 0.322 e. The van der Waals surface area contributed by atoms with Crippen LogP contribution >= 0.6 is 11.6 Å². The lowest BCUT2D eigenvalue weighted by Gasteiger charge is -2.34. The number of hydrogen-bond acceptors (Lipinski definition) is 2. The van der Waals surface area contributed by atoms with Gasteiger partial charge < -0.3 is 15.2 Å². The number of aromatic amines is 1. The molecular formula is C25H28ClN3O2. The average molecular weight is 438 g/mol. The van der Waals surface area contributed by atoms with Gasteiger partial charge in [-0.05, 0) is 62.1 Å². The second-order valence-electron chi connectivity index (χ2n) is 8.50. The van der Waals surface area contributed by atoms with Gasteiger partial charge in [-0.15, -0.1) is 0 Å². The van der Waals surface area contributed by atoms with E-state index >= 15 is 0 Å². The molecule has 162 valence electrons. The molecule has 4 rings (SSSR count). The first-order valence-corrected chi connectivity index (χ1v) is 11.3. The molecule has 1 heterocycles. The van der Waals surface area contributed by atoms with E-state index in [1.807, 2.05) is 43.0 Å². The maximum Gasteiger partial charge on any atom is 0.322 e. The van der Waals surface area contributed by atoms with Crippen LogP contribution < -0.4 is 10.9 Å². The third-order valence-electron chi connectivity index (χ3n) is 6.12.